The molecule has 0 radical (unpaired) electrons. The minimum Gasteiger partial charge on any atom is -0.343 e. The number of nitrogens with one attached hydrogen (secondary N) is 2. The van der Waals surface area contributed by atoms with Gasteiger partial charge < -0.3 is 5.32 Å². The van der Waals surface area contributed by atoms with Crippen molar-refractivity contribution < 1.29 is 9.59 Å². The standard InChI is InChI=1S/C13H15Cl2N3O2/c1-13(2,3)17-11(19)12(20)18-16-7-8-4-5-9(14)6-10(8)15/h4-7H,1-3H3,(H,17,19)(H,18,20)/b16-7-. The molecule has 2 amide bonds. The molecule has 0 aromatic heterocycles. The lowest BCUT2D eigenvalue weighted by atomic mass is 10.1. The maximum atomic E-state index is 11.5. The van der Waals surface area contributed by atoms with Gasteiger partial charge in [0.1, 0.15) is 0 Å². The summed E-state index contributed by atoms with van der Waals surface area (Å²) in [6, 6.07) is 4.84. The Hall–Kier alpha value is -1.59. The fourth-order valence-corrected chi connectivity index (χ4v) is 1.67. The summed E-state index contributed by atoms with van der Waals surface area (Å²) in [6.07, 6.45) is 1.33. The summed E-state index contributed by atoms with van der Waals surface area (Å²) in [5, 5.41) is 7.09. The van der Waals surface area contributed by atoms with Gasteiger partial charge in [-0.2, -0.15) is 5.10 Å². The first-order valence-corrected chi connectivity index (χ1v) is 6.55. The highest BCUT2D eigenvalue weighted by molar-refractivity contribution is 6.36. The van der Waals surface area contributed by atoms with Crippen LogP contribution < -0.4 is 10.7 Å². The zero-order valence-corrected chi connectivity index (χ0v) is 12.8. The van der Waals surface area contributed by atoms with Crippen LogP contribution in [0, 0.1) is 0 Å². The number of halogens is 2. The van der Waals surface area contributed by atoms with Gasteiger partial charge >= 0.3 is 11.8 Å². The van der Waals surface area contributed by atoms with E-state index < -0.39 is 17.4 Å². The monoisotopic (exact) mass is 315 g/mol. The van der Waals surface area contributed by atoms with Crippen molar-refractivity contribution in [1.82, 2.24) is 10.7 Å². The molecule has 0 aliphatic rings. The van der Waals surface area contributed by atoms with Gasteiger partial charge in [-0.25, -0.2) is 5.43 Å². The molecule has 0 saturated heterocycles. The first-order valence-electron chi connectivity index (χ1n) is 5.79. The van der Waals surface area contributed by atoms with Gasteiger partial charge in [0, 0.05) is 16.1 Å². The summed E-state index contributed by atoms with van der Waals surface area (Å²) in [6.45, 7) is 5.32. The van der Waals surface area contributed by atoms with Crippen LogP contribution in [0.2, 0.25) is 10.0 Å². The van der Waals surface area contributed by atoms with Crippen molar-refractivity contribution in [2.45, 2.75) is 26.3 Å². The zero-order valence-electron chi connectivity index (χ0n) is 11.3. The quantitative estimate of drug-likeness (QED) is 0.499. The molecular formula is C13H15Cl2N3O2. The van der Waals surface area contributed by atoms with Crippen molar-refractivity contribution in [2.24, 2.45) is 5.10 Å². The molecule has 7 heteroatoms. The maximum Gasteiger partial charge on any atom is 0.329 e. The first-order chi connectivity index (χ1) is 9.19. The van der Waals surface area contributed by atoms with Crippen molar-refractivity contribution in [3.05, 3.63) is 33.8 Å². The minimum absolute atomic E-state index is 0.398. The number of amides is 2. The van der Waals surface area contributed by atoms with Crippen LogP contribution in [-0.2, 0) is 9.59 Å². The normalized spacial score (nSPS) is 11.4. The summed E-state index contributed by atoms with van der Waals surface area (Å²) < 4.78 is 0. The molecule has 0 fully saturated rings. The number of rotatable bonds is 2. The highest BCUT2D eigenvalue weighted by atomic mass is 35.5. The average Bonchev–Trinajstić information content (AvgIpc) is 2.29. The first kappa shape index (κ1) is 16.5. The van der Waals surface area contributed by atoms with Gasteiger partial charge in [0.2, 0.25) is 0 Å². The molecule has 108 valence electrons. The third kappa shape index (κ3) is 5.59. The summed E-state index contributed by atoms with van der Waals surface area (Å²) >= 11 is 11.7. The fraction of sp³-hybridized carbons (Fsp3) is 0.308. The van der Waals surface area contributed by atoms with E-state index in [2.05, 4.69) is 15.8 Å². The summed E-state index contributed by atoms with van der Waals surface area (Å²) in [5.74, 6) is -1.60. The third-order valence-corrected chi connectivity index (χ3v) is 2.59. The SMILES string of the molecule is CC(C)(C)NC(=O)C(=O)N/N=C\c1ccc(Cl)cc1Cl. The second kappa shape index (κ2) is 6.72. The molecule has 20 heavy (non-hydrogen) atoms. The second-order valence-corrected chi connectivity index (χ2v) is 5.91. The van der Waals surface area contributed by atoms with E-state index in [9.17, 15) is 9.59 Å². The van der Waals surface area contributed by atoms with Crippen LogP contribution in [0.1, 0.15) is 26.3 Å². The molecule has 0 unspecified atom stereocenters. The van der Waals surface area contributed by atoms with Crippen LogP contribution in [0.4, 0.5) is 0 Å². The van der Waals surface area contributed by atoms with Crippen molar-refractivity contribution >= 4 is 41.2 Å². The van der Waals surface area contributed by atoms with Gasteiger partial charge in [-0.05, 0) is 32.9 Å². The molecule has 0 heterocycles. The number of carbonyl (C=O) groups excluding carboxylic acids is 2. The van der Waals surface area contributed by atoms with Crippen LogP contribution >= 0.6 is 23.2 Å². The van der Waals surface area contributed by atoms with Gasteiger partial charge in [0.25, 0.3) is 0 Å². The van der Waals surface area contributed by atoms with Crippen LogP contribution in [0.25, 0.3) is 0 Å². The topological polar surface area (TPSA) is 70.6 Å². The largest absolute Gasteiger partial charge is 0.343 e. The Bertz CT molecular complexity index is 551. The third-order valence-electron chi connectivity index (χ3n) is 2.03. The smallest absolute Gasteiger partial charge is 0.329 e. The average molecular weight is 316 g/mol. The van der Waals surface area contributed by atoms with Gasteiger partial charge in [-0.15, -0.1) is 0 Å². The number of nitrogens with zero attached hydrogens (tertiary/aromatic N) is 1. The molecule has 1 aromatic carbocycles. The maximum absolute atomic E-state index is 11.5. The van der Waals surface area contributed by atoms with Crippen LogP contribution in [0.3, 0.4) is 0 Å². The van der Waals surface area contributed by atoms with Crippen molar-refractivity contribution in [3.8, 4) is 0 Å². The molecule has 0 spiro atoms. The number of carbonyl (C=O) groups is 2. The zero-order chi connectivity index (χ0) is 15.3. The molecule has 0 bridgehead atoms. The van der Waals surface area contributed by atoms with Gasteiger partial charge in [-0.3, -0.25) is 9.59 Å². The van der Waals surface area contributed by atoms with Crippen LogP contribution in [-0.4, -0.2) is 23.6 Å². The second-order valence-electron chi connectivity index (χ2n) is 5.07. The van der Waals surface area contributed by atoms with E-state index in [-0.39, 0.29) is 0 Å². The molecule has 0 saturated carbocycles. The minimum atomic E-state index is -0.846. The Labute approximate surface area is 127 Å². The molecule has 0 aliphatic heterocycles. The Kier molecular flexibility index (Phi) is 5.53. The number of hydrogen-bond acceptors (Lipinski definition) is 3. The molecule has 2 N–H and O–H groups in total. The molecule has 5 nitrogen and oxygen atoms in total. The Morgan fingerprint density at radius 1 is 1.20 bits per heavy atom. The van der Waals surface area contributed by atoms with Gasteiger partial charge in [-0.1, -0.05) is 29.3 Å². The van der Waals surface area contributed by atoms with E-state index in [0.717, 1.165) is 0 Å². The van der Waals surface area contributed by atoms with E-state index >= 15 is 0 Å². The lowest BCUT2D eigenvalue weighted by molar-refractivity contribution is -0.140. The van der Waals surface area contributed by atoms with E-state index in [0.29, 0.717) is 15.6 Å². The fourth-order valence-electron chi connectivity index (χ4n) is 1.21. The van der Waals surface area contributed by atoms with Crippen LogP contribution in [0.5, 0.6) is 0 Å². The Balaban J connectivity index is 2.60. The lowest BCUT2D eigenvalue weighted by Crippen LogP contribution is -2.47. The van der Waals surface area contributed by atoms with Gasteiger partial charge in [0.05, 0.1) is 11.2 Å². The number of benzene rings is 1. The van der Waals surface area contributed by atoms with E-state index in [1.165, 1.54) is 6.21 Å². The van der Waals surface area contributed by atoms with Crippen molar-refractivity contribution in [3.63, 3.8) is 0 Å². The highest BCUT2D eigenvalue weighted by Crippen LogP contribution is 2.19. The summed E-state index contributed by atoms with van der Waals surface area (Å²) in [5.41, 5.74) is 2.21. The Morgan fingerprint density at radius 2 is 1.85 bits per heavy atom. The summed E-state index contributed by atoms with van der Waals surface area (Å²) in [4.78, 5) is 22.9. The van der Waals surface area contributed by atoms with E-state index in [1.54, 1.807) is 39.0 Å². The molecule has 1 rings (SSSR count). The van der Waals surface area contributed by atoms with Crippen LogP contribution in [0.15, 0.2) is 23.3 Å². The van der Waals surface area contributed by atoms with E-state index in [4.69, 9.17) is 23.2 Å². The molecule has 0 atom stereocenters. The van der Waals surface area contributed by atoms with E-state index in [1.807, 2.05) is 0 Å². The lowest BCUT2D eigenvalue weighted by Gasteiger charge is -2.19. The predicted octanol–water partition coefficient (Wildman–Crippen LogP) is 2.36. The summed E-state index contributed by atoms with van der Waals surface area (Å²) in [7, 11) is 0. The number of hydrazone groups is 1. The molecule has 1 aromatic rings. The highest BCUT2D eigenvalue weighted by Gasteiger charge is 2.19. The molecule has 0 aliphatic carbocycles. The Morgan fingerprint density at radius 3 is 2.40 bits per heavy atom. The number of hydrogen-bond donors (Lipinski definition) is 2. The van der Waals surface area contributed by atoms with Crippen molar-refractivity contribution in [2.75, 3.05) is 0 Å². The predicted molar refractivity (Wildman–Crippen MR) is 80.1 cm³/mol. The molecular weight excluding hydrogens is 301 g/mol. The van der Waals surface area contributed by atoms with Crippen molar-refractivity contribution in [1.29, 1.82) is 0 Å². The van der Waals surface area contributed by atoms with Gasteiger partial charge in [0.15, 0.2) is 0 Å².